The molecule has 0 spiro atoms. The fourth-order valence-electron chi connectivity index (χ4n) is 4.64. The monoisotopic (exact) mass is 499 g/mol. The number of rotatable bonds is 5. The van der Waals surface area contributed by atoms with Crippen molar-refractivity contribution >= 4 is 34.8 Å². The first-order chi connectivity index (χ1) is 17.5. The molecule has 0 aliphatic carbocycles. The largest absolute Gasteiger partial charge is 0.369 e. The fourth-order valence-corrected chi connectivity index (χ4v) is 4.91. The van der Waals surface area contributed by atoms with Gasteiger partial charge in [-0.05, 0) is 62.7 Å². The van der Waals surface area contributed by atoms with Gasteiger partial charge in [0.2, 0.25) is 5.95 Å². The van der Waals surface area contributed by atoms with Crippen molar-refractivity contribution < 1.29 is 4.79 Å². The summed E-state index contributed by atoms with van der Waals surface area (Å²) in [6.07, 6.45) is 5.43. The van der Waals surface area contributed by atoms with E-state index >= 15 is 0 Å². The molecule has 4 heterocycles. The van der Waals surface area contributed by atoms with Gasteiger partial charge in [-0.1, -0.05) is 23.6 Å². The number of piperidine rings is 1. The minimum Gasteiger partial charge on any atom is -0.369 e. The molecule has 3 N–H and O–H groups in total. The number of carbonyl (C=O) groups excluding carboxylic acids is 1. The van der Waals surface area contributed by atoms with Crippen LogP contribution in [0.5, 0.6) is 0 Å². The summed E-state index contributed by atoms with van der Waals surface area (Å²) in [7, 11) is 0. The number of imidazole rings is 1. The van der Waals surface area contributed by atoms with Gasteiger partial charge >= 0.3 is 0 Å². The lowest BCUT2D eigenvalue weighted by molar-refractivity contribution is 0.102. The van der Waals surface area contributed by atoms with E-state index in [0.717, 1.165) is 43.7 Å². The molecule has 3 aromatic heterocycles. The number of hydrogen-bond acceptors (Lipinski definition) is 6. The molecule has 8 nitrogen and oxygen atoms in total. The van der Waals surface area contributed by atoms with Crippen molar-refractivity contribution in [1.82, 2.24) is 24.3 Å². The third-order valence-corrected chi connectivity index (χ3v) is 6.67. The van der Waals surface area contributed by atoms with Crippen LogP contribution in [0.2, 0.25) is 5.02 Å². The average Bonchev–Trinajstić information content (AvgIpc) is 3.29. The topological polar surface area (TPSA) is 101 Å². The molecule has 1 aliphatic rings. The number of carbonyl (C=O) groups is 1. The number of halogens is 1. The zero-order valence-electron chi connectivity index (χ0n) is 19.9. The van der Waals surface area contributed by atoms with Crippen molar-refractivity contribution in [3.8, 4) is 23.2 Å². The van der Waals surface area contributed by atoms with Gasteiger partial charge in [0.05, 0.1) is 22.8 Å². The summed E-state index contributed by atoms with van der Waals surface area (Å²) >= 11 is 6.71. The fraction of sp³-hybridized carbons (Fsp3) is 0.259. The van der Waals surface area contributed by atoms with Gasteiger partial charge in [-0.15, -0.1) is 5.92 Å². The van der Waals surface area contributed by atoms with E-state index in [-0.39, 0.29) is 11.8 Å². The lowest BCUT2D eigenvalue weighted by Gasteiger charge is -2.30. The number of nitrogen functional groups attached to an aromatic ring is 1. The van der Waals surface area contributed by atoms with Crippen molar-refractivity contribution in [3.05, 3.63) is 71.1 Å². The Kier molecular flexibility index (Phi) is 6.85. The summed E-state index contributed by atoms with van der Waals surface area (Å²) in [6, 6.07) is 12.4. The first-order valence-electron chi connectivity index (χ1n) is 11.8. The maximum Gasteiger partial charge on any atom is 0.256 e. The molecular formula is C27H26ClN7O. The molecule has 9 heteroatoms. The summed E-state index contributed by atoms with van der Waals surface area (Å²) in [5.74, 6) is 7.51. The molecule has 1 saturated heterocycles. The third kappa shape index (κ3) is 4.76. The Morgan fingerprint density at radius 1 is 1.22 bits per heavy atom. The number of amides is 1. The van der Waals surface area contributed by atoms with Crippen molar-refractivity contribution in [2.75, 3.05) is 30.7 Å². The van der Waals surface area contributed by atoms with E-state index in [0.29, 0.717) is 33.7 Å². The number of benzene rings is 1. The number of fused-ring (bicyclic) bond motifs is 1. The molecule has 36 heavy (non-hydrogen) atoms. The van der Waals surface area contributed by atoms with E-state index in [1.54, 1.807) is 48.8 Å². The molecule has 4 aromatic rings. The average molecular weight is 500 g/mol. The quantitative estimate of drug-likeness (QED) is 0.392. The van der Waals surface area contributed by atoms with Gasteiger partial charge in [-0.3, -0.25) is 14.1 Å². The van der Waals surface area contributed by atoms with Gasteiger partial charge in [0, 0.05) is 36.0 Å². The highest BCUT2D eigenvalue weighted by molar-refractivity contribution is 6.33. The number of anilines is 2. The van der Waals surface area contributed by atoms with E-state index in [9.17, 15) is 4.79 Å². The van der Waals surface area contributed by atoms with Crippen LogP contribution in [0.4, 0.5) is 11.8 Å². The first kappa shape index (κ1) is 23.8. The lowest BCUT2D eigenvalue weighted by Crippen LogP contribution is -2.34. The smallest absolute Gasteiger partial charge is 0.256 e. The second kappa shape index (κ2) is 10.4. The predicted molar refractivity (Wildman–Crippen MR) is 142 cm³/mol. The molecule has 1 amide bonds. The van der Waals surface area contributed by atoms with E-state index in [2.05, 4.69) is 32.0 Å². The maximum absolute atomic E-state index is 12.7. The molecule has 0 radical (unpaired) electrons. The van der Waals surface area contributed by atoms with Crippen LogP contribution in [0.3, 0.4) is 0 Å². The number of nitrogens with two attached hydrogens (primary N) is 1. The standard InChI is InChI=1S/C27H26ClN7O/c1-2-3-14-34-15-6-7-19(17-34)24-22-11-13-31-27(29)35(22)25(33-24)20-10-9-18(16-21(20)28)26(36)32-23-8-4-5-12-30-23/h4-5,8-13,16,19H,6-7,14-15,17H2,1H3,(H2,29,31)(H,30,32,36). The SMILES string of the molecule is CC#CCN1CCCC(c2nc(-c3ccc(C(=O)Nc4ccccn4)cc3Cl)n3c(N)nccc23)C1. The van der Waals surface area contributed by atoms with Gasteiger partial charge in [-0.2, -0.15) is 0 Å². The van der Waals surface area contributed by atoms with Crippen LogP contribution in [0.25, 0.3) is 16.9 Å². The molecule has 0 saturated carbocycles. The molecule has 0 bridgehead atoms. The molecule has 1 unspecified atom stereocenters. The number of pyridine rings is 1. The Labute approximate surface area is 214 Å². The zero-order valence-corrected chi connectivity index (χ0v) is 20.7. The second-order valence-corrected chi connectivity index (χ2v) is 9.12. The second-order valence-electron chi connectivity index (χ2n) is 8.71. The zero-order chi connectivity index (χ0) is 25.1. The minimum absolute atomic E-state index is 0.241. The molecule has 1 aliphatic heterocycles. The summed E-state index contributed by atoms with van der Waals surface area (Å²) in [6.45, 7) is 4.53. The number of likely N-dealkylation sites (tertiary alicyclic amines) is 1. The van der Waals surface area contributed by atoms with Crippen molar-refractivity contribution in [3.63, 3.8) is 0 Å². The molecule has 1 atom stereocenters. The third-order valence-electron chi connectivity index (χ3n) is 6.36. The van der Waals surface area contributed by atoms with Gasteiger partial charge in [-0.25, -0.2) is 15.0 Å². The van der Waals surface area contributed by atoms with Gasteiger partial charge < -0.3 is 11.1 Å². The van der Waals surface area contributed by atoms with Crippen LogP contribution in [-0.2, 0) is 0 Å². The van der Waals surface area contributed by atoms with Gasteiger partial charge in [0.1, 0.15) is 11.6 Å². The summed E-state index contributed by atoms with van der Waals surface area (Å²) < 4.78 is 1.84. The van der Waals surface area contributed by atoms with Crippen LogP contribution in [0.1, 0.15) is 41.7 Å². The summed E-state index contributed by atoms with van der Waals surface area (Å²) in [4.78, 5) is 28.6. The Hall–Kier alpha value is -3.93. The van der Waals surface area contributed by atoms with Gasteiger partial charge in [0.25, 0.3) is 5.91 Å². The van der Waals surface area contributed by atoms with Crippen LogP contribution in [-0.4, -0.2) is 49.8 Å². The van der Waals surface area contributed by atoms with Crippen LogP contribution in [0.15, 0.2) is 54.9 Å². The van der Waals surface area contributed by atoms with Crippen molar-refractivity contribution in [1.29, 1.82) is 0 Å². The molecule has 5 rings (SSSR count). The van der Waals surface area contributed by atoms with E-state index in [4.69, 9.17) is 22.3 Å². The van der Waals surface area contributed by atoms with Gasteiger partial charge in [0.15, 0.2) is 0 Å². The molecule has 182 valence electrons. The number of hydrogen-bond donors (Lipinski definition) is 2. The molecule has 1 fully saturated rings. The van der Waals surface area contributed by atoms with E-state index in [1.807, 2.05) is 17.4 Å². The predicted octanol–water partition coefficient (Wildman–Crippen LogP) is 4.48. The lowest BCUT2D eigenvalue weighted by atomic mass is 9.94. The molecular weight excluding hydrogens is 474 g/mol. The highest BCUT2D eigenvalue weighted by atomic mass is 35.5. The number of nitrogens with zero attached hydrogens (tertiary/aromatic N) is 5. The Bertz CT molecular complexity index is 1470. The van der Waals surface area contributed by atoms with Crippen LogP contribution < -0.4 is 11.1 Å². The highest BCUT2D eigenvalue weighted by Crippen LogP contribution is 2.36. The Balaban J connectivity index is 1.50. The van der Waals surface area contributed by atoms with E-state index in [1.165, 1.54) is 0 Å². The Morgan fingerprint density at radius 3 is 2.89 bits per heavy atom. The summed E-state index contributed by atoms with van der Waals surface area (Å²) in [5, 5.41) is 3.17. The maximum atomic E-state index is 12.7. The number of aromatic nitrogens is 4. The number of nitrogens with one attached hydrogen (secondary N) is 1. The van der Waals surface area contributed by atoms with Crippen molar-refractivity contribution in [2.45, 2.75) is 25.7 Å². The van der Waals surface area contributed by atoms with Crippen molar-refractivity contribution in [2.24, 2.45) is 0 Å². The normalized spacial score (nSPS) is 15.9. The molecule has 1 aromatic carbocycles. The highest BCUT2D eigenvalue weighted by Gasteiger charge is 2.27. The van der Waals surface area contributed by atoms with E-state index < -0.39 is 0 Å². The van der Waals surface area contributed by atoms with Crippen LogP contribution >= 0.6 is 11.6 Å². The first-order valence-corrected chi connectivity index (χ1v) is 12.2. The summed E-state index contributed by atoms with van der Waals surface area (Å²) in [5.41, 5.74) is 9.30. The minimum atomic E-state index is -0.297. The van der Waals surface area contributed by atoms with Crippen LogP contribution in [0, 0.1) is 11.8 Å². The Morgan fingerprint density at radius 2 is 2.11 bits per heavy atom.